The lowest BCUT2D eigenvalue weighted by Crippen LogP contribution is -3.28. The van der Waals surface area contributed by atoms with Gasteiger partial charge in [-0.15, -0.1) is 11.3 Å². The molecule has 1 aromatic heterocycles. The second-order valence-electron chi connectivity index (χ2n) is 8.63. The molecule has 1 fully saturated rings. The fourth-order valence-corrected chi connectivity index (χ4v) is 4.44. The lowest BCUT2D eigenvalue weighted by Gasteiger charge is -2.29. The van der Waals surface area contributed by atoms with Crippen LogP contribution in [0.4, 0.5) is 4.39 Å². The summed E-state index contributed by atoms with van der Waals surface area (Å²) >= 11 is 1.62. The fraction of sp³-hybridized carbons (Fsp3) is 0.524. The Bertz CT molecular complexity index is 841. The minimum atomic E-state index is -0.375. The van der Waals surface area contributed by atoms with Gasteiger partial charge in [0.25, 0.3) is 5.91 Å². The molecule has 1 saturated heterocycles. The molecule has 1 aromatic carbocycles. The minimum Gasteiger partial charge on any atom is -0.494 e. The predicted octanol–water partition coefficient (Wildman–Crippen LogP) is 0.156. The van der Waals surface area contributed by atoms with E-state index in [1.165, 1.54) is 23.0 Å². The Kier molecular flexibility index (Phi) is 6.87. The van der Waals surface area contributed by atoms with E-state index < -0.39 is 0 Å². The van der Waals surface area contributed by atoms with Gasteiger partial charge < -0.3 is 19.9 Å². The van der Waals surface area contributed by atoms with Crippen LogP contribution in [0.2, 0.25) is 0 Å². The molecule has 0 radical (unpaired) electrons. The highest BCUT2D eigenvalue weighted by atomic mass is 32.1. The highest BCUT2D eigenvalue weighted by Gasteiger charge is 2.26. The number of hydrogen-bond donors (Lipinski definition) is 3. The summed E-state index contributed by atoms with van der Waals surface area (Å²) in [4.78, 5) is 19.6. The van der Waals surface area contributed by atoms with Crippen molar-refractivity contribution in [3.05, 3.63) is 34.4 Å². The molecule has 158 valence electrons. The van der Waals surface area contributed by atoms with Crippen molar-refractivity contribution < 1.29 is 23.7 Å². The van der Waals surface area contributed by atoms with E-state index in [1.54, 1.807) is 17.4 Å². The van der Waals surface area contributed by atoms with Gasteiger partial charge in [-0.05, 0) is 39.0 Å². The highest BCUT2D eigenvalue weighted by molar-refractivity contribution is 7.09. The first-order valence-electron chi connectivity index (χ1n) is 10.00. The van der Waals surface area contributed by atoms with Crippen LogP contribution in [-0.2, 0) is 11.3 Å². The van der Waals surface area contributed by atoms with Gasteiger partial charge in [0.05, 0.1) is 12.8 Å². The Morgan fingerprint density at radius 3 is 2.55 bits per heavy atom. The maximum atomic E-state index is 13.9. The smallest absolute Gasteiger partial charge is 0.275 e. The molecule has 0 bridgehead atoms. The SMILES string of the molecule is COc1ccc(-c2csc(C[NH+]3CC[NH+](CC(=O)NC(C)(C)C)CC3)n2)cc1F. The van der Waals surface area contributed by atoms with Gasteiger partial charge in [0.1, 0.15) is 37.7 Å². The number of amides is 1. The molecule has 8 heteroatoms. The first-order chi connectivity index (χ1) is 13.7. The first-order valence-corrected chi connectivity index (χ1v) is 10.9. The zero-order valence-electron chi connectivity index (χ0n) is 17.6. The van der Waals surface area contributed by atoms with Crippen molar-refractivity contribution in [3.63, 3.8) is 0 Å². The Morgan fingerprint density at radius 2 is 1.93 bits per heavy atom. The molecule has 0 unspecified atom stereocenters. The number of thiazole rings is 1. The fourth-order valence-electron chi connectivity index (χ4n) is 3.56. The standard InChI is InChI=1S/C21H29FN4O2S/c1-21(2,3)24-19(27)12-25-7-9-26(10-8-25)13-20-23-17(14-29-20)15-5-6-18(28-4)16(22)11-15/h5-6,11,14H,7-10,12-13H2,1-4H3,(H,24,27)/p+2. The van der Waals surface area contributed by atoms with Crippen LogP contribution in [0.25, 0.3) is 11.3 Å². The third-order valence-electron chi connectivity index (χ3n) is 4.99. The molecule has 6 nitrogen and oxygen atoms in total. The van der Waals surface area contributed by atoms with Crippen LogP contribution in [0.3, 0.4) is 0 Å². The molecular weight excluding hydrogens is 391 g/mol. The monoisotopic (exact) mass is 422 g/mol. The number of nitrogens with zero attached hydrogens (tertiary/aromatic N) is 1. The molecule has 2 aromatic rings. The number of ether oxygens (including phenoxy) is 1. The average Bonchev–Trinajstić information content (AvgIpc) is 3.10. The van der Waals surface area contributed by atoms with Crippen LogP contribution < -0.4 is 19.9 Å². The van der Waals surface area contributed by atoms with E-state index in [4.69, 9.17) is 9.72 Å². The van der Waals surface area contributed by atoms with Crippen molar-refractivity contribution in [1.82, 2.24) is 10.3 Å². The van der Waals surface area contributed by atoms with E-state index in [0.29, 0.717) is 6.54 Å². The van der Waals surface area contributed by atoms with Crippen molar-refractivity contribution in [3.8, 4) is 17.0 Å². The number of hydrogen-bond acceptors (Lipinski definition) is 4. The summed E-state index contributed by atoms with van der Waals surface area (Å²) in [5.41, 5.74) is 1.38. The van der Waals surface area contributed by atoms with Crippen molar-refractivity contribution in [2.45, 2.75) is 32.9 Å². The van der Waals surface area contributed by atoms with Crippen molar-refractivity contribution in [2.24, 2.45) is 0 Å². The molecular formula is C21H31FN4O2S+2. The van der Waals surface area contributed by atoms with Crippen LogP contribution in [-0.4, -0.2) is 56.3 Å². The molecule has 29 heavy (non-hydrogen) atoms. The quantitative estimate of drug-likeness (QED) is 0.622. The summed E-state index contributed by atoms with van der Waals surface area (Å²) < 4.78 is 18.9. The first kappa shape index (κ1) is 21.7. The maximum absolute atomic E-state index is 13.9. The van der Waals surface area contributed by atoms with Gasteiger partial charge in [0.2, 0.25) is 0 Å². The van der Waals surface area contributed by atoms with Crippen molar-refractivity contribution >= 4 is 17.2 Å². The Balaban J connectivity index is 1.50. The number of piperazine rings is 1. The summed E-state index contributed by atoms with van der Waals surface area (Å²) in [6, 6.07) is 4.93. The molecule has 1 aliphatic heterocycles. The molecule has 2 heterocycles. The van der Waals surface area contributed by atoms with E-state index in [0.717, 1.165) is 49.0 Å². The van der Waals surface area contributed by atoms with E-state index >= 15 is 0 Å². The lowest BCUT2D eigenvalue weighted by molar-refractivity contribution is -1.02. The van der Waals surface area contributed by atoms with Crippen molar-refractivity contribution in [2.75, 3.05) is 39.8 Å². The van der Waals surface area contributed by atoms with Crippen molar-refractivity contribution in [1.29, 1.82) is 0 Å². The molecule has 3 rings (SSSR count). The summed E-state index contributed by atoms with van der Waals surface area (Å²) in [6.45, 7) is 11.4. The second kappa shape index (κ2) is 9.19. The van der Waals surface area contributed by atoms with Gasteiger partial charge in [-0.1, -0.05) is 0 Å². The van der Waals surface area contributed by atoms with E-state index in [9.17, 15) is 9.18 Å². The number of rotatable bonds is 6. The average molecular weight is 423 g/mol. The molecule has 0 atom stereocenters. The molecule has 0 aliphatic carbocycles. The molecule has 3 N–H and O–H groups in total. The van der Waals surface area contributed by atoms with Crippen LogP contribution in [0.5, 0.6) is 5.75 Å². The normalized spacial score (nSPS) is 19.8. The second-order valence-corrected chi connectivity index (χ2v) is 9.57. The Labute approximate surface area is 175 Å². The van der Waals surface area contributed by atoms with Crippen LogP contribution in [0.1, 0.15) is 25.8 Å². The van der Waals surface area contributed by atoms with Gasteiger partial charge >= 0.3 is 0 Å². The number of quaternary nitrogens is 2. The molecule has 1 aliphatic rings. The maximum Gasteiger partial charge on any atom is 0.275 e. The van der Waals surface area contributed by atoms with E-state index in [-0.39, 0.29) is 23.0 Å². The zero-order chi connectivity index (χ0) is 21.0. The van der Waals surface area contributed by atoms with Gasteiger partial charge in [-0.2, -0.15) is 0 Å². The zero-order valence-corrected chi connectivity index (χ0v) is 18.4. The van der Waals surface area contributed by atoms with E-state index in [1.807, 2.05) is 32.2 Å². The van der Waals surface area contributed by atoms with Crippen LogP contribution >= 0.6 is 11.3 Å². The van der Waals surface area contributed by atoms with Gasteiger partial charge in [-0.3, -0.25) is 4.79 Å². The third-order valence-corrected chi connectivity index (χ3v) is 5.84. The number of nitrogens with one attached hydrogen (secondary N) is 3. The summed E-state index contributed by atoms with van der Waals surface area (Å²) in [7, 11) is 1.46. The van der Waals surface area contributed by atoms with Gasteiger partial charge in [-0.25, -0.2) is 9.37 Å². The Hall–Kier alpha value is -2.03. The minimum absolute atomic E-state index is 0.118. The summed E-state index contributed by atoms with van der Waals surface area (Å²) in [5.74, 6) is -0.0165. The third kappa shape index (κ3) is 6.22. The number of halogens is 1. The number of aromatic nitrogens is 1. The van der Waals surface area contributed by atoms with Gasteiger partial charge in [0, 0.05) is 16.5 Å². The Morgan fingerprint density at radius 1 is 1.24 bits per heavy atom. The molecule has 0 spiro atoms. The molecule has 1 amide bonds. The number of methoxy groups -OCH3 is 1. The van der Waals surface area contributed by atoms with Crippen LogP contribution in [0.15, 0.2) is 23.6 Å². The van der Waals surface area contributed by atoms with Gasteiger partial charge in [0.15, 0.2) is 18.1 Å². The highest BCUT2D eigenvalue weighted by Crippen LogP contribution is 2.26. The molecule has 0 saturated carbocycles. The lowest BCUT2D eigenvalue weighted by atomic mass is 10.1. The number of benzene rings is 1. The number of carbonyl (C=O) groups excluding carboxylic acids is 1. The van der Waals surface area contributed by atoms with Crippen LogP contribution in [0, 0.1) is 5.82 Å². The van der Waals surface area contributed by atoms with E-state index in [2.05, 4.69) is 5.32 Å². The topological polar surface area (TPSA) is 60.1 Å². The largest absolute Gasteiger partial charge is 0.494 e. The summed E-state index contributed by atoms with van der Waals surface area (Å²) in [5, 5.41) is 6.07. The summed E-state index contributed by atoms with van der Waals surface area (Å²) in [6.07, 6.45) is 0. The number of carbonyl (C=O) groups is 1. The predicted molar refractivity (Wildman–Crippen MR) is 112 cm³/mol.